The number of carbonyl (C=O) groups is 4. The smallest absolute Gasteiger partial charge is 0.407 e. The molecule has 2 aliphatic rings. The molecule has 1 aromatic carbocycles. The topological polar surface area (TPSA) is 186 Å². The van der Waals surface area contributed by atoms with E-state index in [4.69, 9.17) is 4.74 Å². The van der Waals surface area contributed by atoms with Gasteiger partial charge in [-0.3, -0.25) is 9.59 Å². The molecule has 3 aromatic rings. The van der Waals surface area contributed by atoms with E-state index < -0.39 is 24.3 Å². The Kier molecular flexibility index (Phi) is 13.2. The predicted octanol–water partition coefficient (Wildman–Crippen LogP) is 3.94. The SMILES string of the molecule is COC(=O)N[C@@H](C(=O)N1CCC[C@@H]1c1ncc(C#CC#Cc2ccc(C#CC#Cc3cnc([C@H]4CCCN4C(=O)[C@H](NC(=O)O)C(C)C)[nH]3)cc2)[nH]1)C(C)C. The van der Waals surface area contributed by atoms with Crippen LogP contribution in [0.2, 0.25) is 0 Å². The van der Waals surface area contributed by atoms with Gasteiger partial charge in [0.25, 0.3) is 0 Å². The van der Waals surface area contributed by atoms with Crippen molar-refractivity contribution < 1.29 is 29.0 Å². The number of nitrogens with zero attached hydrogens (tertiary/aromatic N) is 4. The summed E-state index contributed by atoms with van der Waals surface area (Å²) in [6, 6.07) is 5.30. The fourth-order valence-corrected chi connectivity index (χ4v) is 6.51. The van der Waals surface area contributed by atoms with Gasteiger partial charge in [0, 0.05) is 24.2 Å². The molecule has 4 heterocycles. The molecule has 2 aromatic heterocycles. The molecule has 284 valence electrons. The van der Waals surface area contributed by atoms with Crippen LogP contribution in [0.5, 0.6) is 0 Å². The summed E-state index contributed by atoms with van der Waals surface area (Å²) in [6.07, 6.45) is 4.41. The van der Waals surface area contributed by atoms with Crippen molar-refractivity contribution in [2.24, 2.45) is 11.8 Å². The highest BCUT2D eigenvalue weighted by Crippen LogP contribution is 2.32. The molecule has 0 aliphatic carbocycles. The van der Waals surface area contributed by atoms with Crippen LogP contribution in [-0.2, 0) is 14.3 Å². The van der Waals surface area contributed by atoms with Crippen LogP contribution in [0.4, 0.5) is 9.59 Å². The Morgan fingerprint density at radius 2 is 1.15 bits per heavy atom. The quantitative estimate of drug-likeness (QED) is 0.215. The molecule has 2 fully saturated rings. The van der Waals surface area contributed by atoms with Gasteiger partial charge in [-0.2, -0.15) is 0 Å². The van der Waals surface area contributed by atoms with Crippen LogP contribution in [-0.4, -0.2) is 91.1 Å². The number of carboxylic acid groups (broad SMARTS) is 1. The van der Waals surface area contributed by atoms with Crippen LogP contribution in [0.25, 0.3) is 0 Å². The highest BCUT2D eigenvalue weighted by Gasteiger charge is 2.38. The Hall–Kier alpha value is -6.64. The van der Waals surface area contributed by atoms with Crippen molar-refractivity contribution in [1.82, 2.24) is 40.4 Å². The first kappa shape index (κ1) is 39.6. The maximum absolute atomic E-state index is 13.4. The third-order valence-corrected chi connectivity index (χ3v) is 9.32. The summed E-state index contributed by atoms with van der Waals surface area (Å²) in [7, 11) is 1.27. The number of aromatic amines is 2. The van der Waals surface area contributed by atoms with Crippen LogP contribution < -0.4 is 10.6 Å². The molecule has 14 nitrogen and oxygen atoms in total. The lowest BCUT2D eigenvalue weighted by atomic mass is 10.0. The van der Waals surface area contributed by atoms with E-state index in [1.54, 1.807) is 36.0 Å². The maximum atomic E-state index is 13.4. The van der Waals surface area contributed by atoms with E-state index in [-0.39, 0.29) is 35.7 Å². The second-order valence-electron chi connectivity index (χ2n) is 13.8. The molecular weight excluding hydrogens is 701 g/mol. The number of H-pyrrole nitrogens is 2. The first-order chi connectivity index (χ1) is 26.4. The van der Waals surface area contributed by atoms with E-state index in [0.717, 1.165) is 30.4 Å². The molecule has 0 spiro atoms. The Balaban J connectivity index is 1.15. The summed E-state index contributed by atoms with van der Waals surface area (Å²) in [5.41, 5.74) is 2.66. The minimum atomic E-state index is -1.23. The molecule has 14 heteroatoms. The number of likely N-dealkylation sites (tertiary alicyclic amines) is 2. The number of rotatable bonds is 8. The predicted molar refractivity (Wildman–Crippen MR) is 202 cm³/mol. The van der Waals surface area contributed by atoms with Gasteiger partial charge in [0.15, 0.2) is 0 Å². The van der Waals surface area contributed by atoms with Gasteiger partial charge in [0.2, 0.25) is 11.8 Å². The number of carbonyl (C=O) groups excluding carboxylic acids is 3. The highest BCUT2D eigenvalue weighted by atomic mass is 16.5. The van der Waals surface area contributed by atoms with E-state index in [1.807, 2.05) is 38.1 Å². The molecule has 0 radical (unpaired) electrons. The lowest BCUT2D eigenvalue weighted by Gasteiger charge is -2.29. The molecule has 5 rings (SSSR count). The van der Waals surface area contributed by atoms with Crippen LogP contribution in [0.15, 0.2) is 36.7 Å². The van der Waals surface area contributed by atoms with Crippen molar-refractivity contribution >= 4 is 24.0 Å². The standard InChI is InChI=1S/C41H44N8O6/c1-26(2)34(46-40(52)53)38(50)48-22-10-16-32(48)36-42-24-30(44-36)14-8-6-12-28-18-20-29(21-19-28)13-7-9-15-31-25-43-37(45-31)33-17-11-23-49(33)39(51)35(27(3)4)47-41(54)55-5/h18-21,24-27,32-35,46H,10-11,16-17,22-23H2,1-5H3,(H,42,44)(H,43,45)(H,47,54)(H,52,53)/t32-,33-,34-,35-/m1/s1. The summed E-state index contributed by atoms with van der Waals surface area (Å²) in [5.74, 6) is 23.8. The normalized spacial score (nSPS) is 17.0. The molecule has 2 aliphatic heterocycles. The maximum Gasteiger partial charge on any atom is 0.407 e. The first-order valence-electron chi connectivity index (χ1n) is 18.1. The summed E-state index contributed by atoms with van der Waals surface area (Å²) in [4.78, 5) is 68.4. The van der Waals surface area contributed by atoms with Crippen molar-refractivity contribution in [3.8, 4) is 47.4 Å². The van der Waals surface area contributed by atoms with Crippen LogP contribution >= 0.6 is 0 Å². The minimum Gasteiger partial charge on any atom is -0.465 e. The van der Waals surface area contributed by atoms with E-state index in [1.165, 1.54) is 7.11 Å². The number of aromatic nitrogens is 4. The van der Waals surface area contributed by atoms with Crippen molar-refractivity contribution in [3.63, 3.8) is 0 Å². The number of alkyl carbamates (subject to hydrolysis) is 1. The van der Waals surface area contributed by atoms with E-state index in [2.05, 4.69) is 77.9 Å². The fraction of sp³-hybridized carbons (Fsp3) is 0.415. The number of ether oxygens (including phenoxy) is 1. The summed E-state index contributed by atoms with van der Waals surface area (Å²) in [5, 5.41) is 14.2. The number of hydrogen-bond acceptors (Lipinski definition) is 7. The summed E-state index contributed by atoms with van der Waals surface area (Å²) < 4.78 is 4.71. The average molecular weight is 745 g/mol. The lowest BCUT2D eigenvalue weighted by Crippen LogP contribution is -2.51. The van der Waals surface area contributed by atoms with Gasteiger partial charge in [0.1, 0.15) is 35.1 Å². The molecule has 5 N–H and O–H groups in total. The van der Waals surface area contributed by atoms with Gasteiger partial charge in [-0.05, 0) is 97.3 Å². The fourth-order valence-electron chi connectivity index (χ4n) is 6.51. The summed E-state index contributed by atoms with van der Waals surface area (Å²) >= 11 is 0. The van der Waals surface area contributed by atoms with Gasteiger partial charge >= 0.3 is 12.2 Å². The van der Waals surface area contributed by atoms with Crippen molar-refractivity contribution in [2.45, 2.75) is 77.5 Å². The monoisotopic (exact) mass is 744 g/mol. The Labute approximate surface area is 320 Å². The van der Waals surface area contributed by atoms with Crippen LogP contribution in [0.3, 0.4) is 0 Å². The van der Waals surface area contributed by atoms with Crippen molar-refractivity contribution in [1.29, 1.82) is 0 Å². The lowest BCUT2D eigenvalue weighted by molar-refractivity contribution is -0.136. The molecular formula is C41H44N8O6. The largest absolute Gasteiger partial charge is 0.465 e. The molecule has 55 heavy (non-hydrogen) atoms. The van der Waals surface area contributed by atoms with E-state index >= 15 is 0 Å². The number of methoxy groups -OCH3 is 1. The number of hydrogen-bond donors (Lipinski definition) is 5. The van der Waals surface area contributed by atoms with Gasteiger partial charge in [-0.15, -0.1) is 0 Å². The molecule has 0 bridgehead atoms. The Morgan fingerprint density at radius 1 is 0.727 bits per heavy atom. The van der Waals surface area contributed by atoms with Gasteiger partial charge in [-0.25, -0.2) is 19.6 Å². The average Bonchev–Trinajstić information content (AvgIpc) is 4.00. The van der Waals surface area contributed by atoms with Crippen molar-refractivity contribution in [2.75, 3.05) is 20.2 Å². The molecule has 2 saturated heterocycles. The second kappa shape index (κ2) is 18.4. The zero-order chi connectivity index (χ0) is 39.5. The highest BCUT2D eigenvalue weighted by molar-refractivity contribution is 5.87. The molecule has 0 unspecified atom stereocenters. The summed E-state index contributed by atoms with van der Waals surface area (Å²) in [6.45, 7) is 8.45. The first-order valence-corrected chi connectivity index (χ1v) is 18.1. The van der Waals surface area contributed by atoms with Gasteiger partial charge < -0.3 is 40.2 Å². The van der Waals surface area contributed by atoms with Crippen LogP contribution in [0, 0.1) is 59.2 Å². The van der Waals surface area contributed by atoms with Crippen molar-refractivity contribution in [3.05, 3.63) is 70.8 Å². The van der Waals surface area contributed by atoms with E-state index in [0.29, 0.717) is 42.5 Å². The van der Waals surface area contributed by atoms with E-state index in [9.17, 15) is 24.3 Å². The molecule has 4 atom stereocenters. The third kappa shape index (κ3) is 10.3. The van der Waals surface area contributed by atoms with Crippen LogP contribution in [0.1, 0.15) is 99.6 Å². The van der Waals surface area contributed by atoms with Gasteiger partial charge in [0.05, 0.1) is 31.6 Å². The minimum absolute atomic E-state index is 0.121. The number of benzene rings is 1. The number of imidazole rings is 2. The molecule has 4 amide bonds. The molecule has 0 saturated carbocycles. The Morgan fingerprint density at radius 3 is 1.55 bits per heavy atom. The zero-order valence-corrected chi connectivity index (χ0v) is 31.4. The Bertz CT molecular complexity index is 2140. The number of nitrogens with one attached hydrogen (secondary N) is 4. The zero-order valence-electron chi connectivity index (χ0n) is 31.4. The third-order valence-electron chi connectivity index (χ3n) is 9.32. The second-order valence-corrected chi connectivity index (χ2v) is 13.8. The van der Waals surface area contributed by atoms with Gasteiger partial charge in [-0.1, -0.05) is 39.5 Å². The number of amides is 4.